The van der Waals surface area contributed by atoms with Crippen molar-refractivity contribution in [2.45, 2.75) is 52.7 Å². The first-order valence-electron chi connectivity index (χ1n) is 9.04. The number of amides is 1. The van der Waals surface area contributed by atoms with Gasteiger partial charge in [-0.15, -0.1) is 0 Å². The van der Waals surface area contributed by atoms with Crippen molar-refractivity contribution in [2.24, 2.45) is 0 Å². The number of rotatable bonds is 8. The zero-order valence-corrected chi connectivity index (χ0v) is 16.4. The normalized spacial score (nSPS) is 13.1. The first kappa shape index (κ1) is 20.0. The number of hydrogen-bond donors (Lipinski definition) is 1. The van der Waals surface area contributed by atoms with Gasteiger partial charge in [-0.2, -0.15) is 0 Å². The highest BCUT2D eigenvalue weighted by Gasteiger charge is 2.32. The molecule has 0 saturated heterocycles. The summed E-state index contributed by atoms with van der Waals surface area (Å²) < 4.78 is 11.5. The second-order valence-corrected chi connectivity index (χ2v) is 6.85. The summed E-state index contributed by atoms with van der Waals surface area (Å²) >= 11 is 0. The largest absolute Gasteiger partial charge is 0.488 e. The van der Waals surface area contributed by atoms with Gasteiger partial charge < -0.3 is 14.8 Å². The van der Waals surface area contributed by atoms with Crippen LogP contribution in [-0.4, -0.2) is 18.6 Å². The molecule has 0 aliphatic rings. The highest BCUT2D eigenvalue weighted by molar-refractivity contribution is 5.97. The predicted octanol–water partition coefficient (Wildman–Crippen LogP) is 5.03. The van der Waals surface area contributed by atoms with Gasteiger partial charge in [0.2, 0.25) is 0 Å². The summed E-state index contributed by atoms with van der Waals surface area (Å²) in [5.74, 6) is 0.730. The molecule has 0 radical (unpaired) electrons. The molecule has 1 amide bonds. The number of carbonyl (C=O) groups is 1. The maximum absolute atomic E-state index is 12.6. The molecule has 2 aromatic rings. The Morgan fingerprint density at radius 3 is 2.27 bits per heavy atom. The molecular formula is C22H29NO3. The molecule has 26 heavy (non-hydrogen) atoms. The van der Waals surface area contributed by atoms with Gasteiger partial charge in [-0.1, -0.05) is 43.7 Å². The Morgan fingerprint density at radius 2 is 1.73 bits per heavy atom. The molecule has 4 heteroatoms. The Bertz CT molecular complexity index is 719. The Kier molecular flexibility index (Phi) is 6.81. The molecule has 4 nitrogen and oxygen atoms in total. The maximum Gasteiger partial charge on any atom is 0.256 e. The van der Waals surface area contributed by atoms with Crippen LogP contribution in [0.1, 0.15) is 43.4 Å². The second kappa shape index (κ2) is 8.86. The molecule has 140 valence electrons. The third kappa shape index (κ3) is 4.85. The van der Waals surface area contributed by atoms with E-state index in [2.05, 4.69) is 5.32 Å². The molecule has 0 bridgehead atoms. The van der Waals surface area contributed by atoms with E-state index in [9.17, 15) is 4.79 Å². The van der Waals surface area contributed by atoms with Crippen LogP contribution in [0.2, 0.25) is 0 Å². The lowest BCUT2D eigenvalue weighted by molar-refractivity contribution is -0.136. The minimum absolute atomic E-state index is 0.126. The van der Waals surface area contributed by atoms with Crippen LogP contribution in [0, 0.1) is 13.8 Å². The molecular weight excluding hydrogens is 326 g/mol. The summed E-state index contributed by atoms with van der Waals surface area (Å²) in [5, 5.41) is 2.98. The number of nitrogens with one attached hydrogen (secondary N) is 1. The van der Waals surface area contributed by atoms with E-state index in [0.29, 0.717) is 13.0 Å². The minimum atomic E-state index is -0.820. The van der Waals surface area contributed by atoms with Crippen molar-refractivity contribution in [3.05, 3.63) is 59.2 Å². The van der Waals surface area contributed by atoms with E-state index in [1.165, 1.54) is 0 Å². The van der Waals surface area contributed by atoms with Crippen LogP contribution in [-0.2, 0) is 16.1 Å². The van der Waals surface area contributed by atoms with Gasteiger partial charge in [0, 0.05) is 12.8 Å². The molecule has 1 atom stereocenters. The first-order chi connectivity index (χ1) is 12.4. The van der Waals surface area contributed by atoms with Crippen molar-refractivity contribution in [3.8, 4) is 5.75 Å². The van der Waals surface area contributed by atoms with Crippen molar-refractivity contribution in [1.82, 2.24) is 0 Å². The molecule has 0 heterocycles. The molecule has 0 aliphatic carbocycles. The number of benzene rings is 2. The van der Waals surface area contributed by atoms with Gasteiger partial charge in [0.15, 0.2) is 0 Å². The topological polar surface area (TPSA) is 47.6 Å². The molecule has 0 saturated carbocycles. The van der Waals surface area contributed by atoms with Crippen LogP contribution in [0.5, 0.6) is 5.75 Å². The number of anilines is 1. The van der Waals surface area contributed by atoms with Crippen LogP contribution in [0.15, 0.2) is 42.5 Å². The Morgan fingerprint density at radius 1 is 1.12 bits per heavy atom. The maximum atomic E-state index is 12.6. The zero-order chi connectivity index (χ0) is 19.2. The summed E-state index contributed by atoms with van der Waals surface area (Å²) in [5.41, 5.74) is 3.05. The van der Waals surface area contributed by atoms with E-state index in [1.54, 1.807) is 7.11 Å². The molecule has 2 rings (SSSR count). The molecule has 0 fully saturated rings. The molecule has 2 aromatic carbocycles. The molecule has 1 N–H and O–H groups in total. The average Bonchev–Trinajstić information content (AvgIpc) is 2.62. The van der Waals surface area contributed by atoms with Gasteiger partial charge in [-0.05, 0) is 56.0 Å². The fraction of sp³-hybridized carbons (Fsp3) is 0.409. The van der Waals surface area contributed by atoms with Gasteiger partial charge >= 0.3 is 0 Å². The van der Waals surface area contributed by atoms with Crippen LogP contribution in [0.4, 0.5) is 5.69 Å². The SMILES string of the molecule is CCC[C@](C)(OC)C(=O)Nc1cc(C)c(OCc2ccccc2)c(C)c1. The highest BCUT2D eigenvalue weighted by Crippen LogP contribution is 2.29. The van der Waals surface area contributed by atoms with E-state index < -0.39 is 5.60 Å². The first-order valence-corrected chi connectivity index (χ1v) is 9.04. The lowest BCUT2D eigenvalue weighted by Crippen LogP contribution is -2.41. The summed E-state index contributed by atoms with van der Waals surface area (Å²) in [4.78, 5) is 12.6. The van der Waals surface area contributed by atoms with E-state index in [4.69, 9.17) is 9.47 Å². The van der Waals surface area contributed by atoms with Gasteiger partial charge in [0.1, 0.15) is 18.0 Å². The Hall–Kier alpha value is -2.33. The Labute approximate surface area is 156 Å². The summed E-state index contributed by atoms with van der Waals surface area (Å²) in [6.45, 7) is 8.36. The third-order valence-corrected chi connectivity index (χ3v) is 4.60. The van der Waals surface area contributed by atoms with Crippen molar-refractivity contribution in [2.75, 3.05) is 12.4 Å². The number of hydrogen-bond acceptors (Lipinski definition) is 3. The predicted molar refractivity (Wildman–Crippen MR) is 106 cm³/mol. The van der Waals surface area contributed by atoms with E-state index in [1.807, 2.05) is 70.2 Å². The van der Waals surface area contributed by atoms with E-state index in [-0.39, 0.29) is 5.91 Å². The molecule has 0 aromatic heterocycles. The van der Waals surface area contributed by atoms with Gasteiger partial charge in [-0.3, -0.25) is 4.79 Å². The van der Waals surface area contributed by atoms with E-state index in [0.717, 1.165) is 34.5 Å². The van der Waals surface area contributed by atoms with Gasteiger partial charge in [0.05, 0.1) is 0 Å². The fourth-order valence-electron chi connectivity index (χ4n) is 3.03. The van der Waals surface area contributed by atoms with Crippen molar-refractivity contribution >= 4 is 11.6 Å². The number of aryl methyl sites for hydroxylation is 2. The lowest BCUT2D eigenvalue weighted by atomic mass is 9.99. The number of carbonyl (C=O) groups excluding carboxylic acids is 1. The smallest absolute Gasteiger partial charge is 0.256 e. The highest BCUT2D eigenvalue weighted by atomic mass is 16.5. The second-order valence-electron chi connectivity index (χ2n) is 6.85. The minimum Gasteiger partial charge on any atom is -0.488 e. The summed E-state index contributed by atoms with van der Waals surface area (Å²) in [6, 6.07) is 13.9. The van der Waals surface area contributed by atoms with Crippen LogP contribution >= 0.6 is 0 Å². The van der Waals surface area contributed by atoms with Crippen LogP contribution < -0.4 is 10.1 Å². The standard InChI is InChI=1S/C22H29NO3/c1-6-12-22(4,25-5)21(24)23-19-13-16(2)20(17(3)14-19)26-15-18-10-8-7-9-11-18/h7-11,13-14H,6,12,15H2,1-5H3,(H,23,24)/t22-/m0/s1. The van der Waals surface area contributed by atoms with Crippen LogP contribution in [0.25, 0.3) is 0 Å². The number of ether oxygens (including phenoxy) is 2. The molecule has 0 spiro atoms. The zero-order valence-electron chi connectivity index (χ0n) is 16.4. The quantitative estimate of drug-likeness (QED) is 0.723. The molecule has 0 aliphatic heterocycles. The third-order valence-electron chi connectivity index (χ3n) is 4.60. The molecule has 0 unspecified atom stereocenters. The Balaban J connectivity index is 2.12. The average molecular weight is 355 g/mol. The van der Waals surface area contributed by atoms with Crippen molar-refractivity contribution < 1.29 is 14.3 Å². The van der Waals surface area contributed by atoms with E-state index >= 15 is 0 Å². The number of methoxy groups -OCH3 is 1. The van der Waals surface area contributed by atoms with Gasteiger partial charge in [-0.25, -0.2) is 0 Å². The monoisotopic (exact) mass is 355 g/mol. The van der Waals surface area contributed by atoms with Crippen molar-refractivity contribution in [3.63, 3.8) is 0 Å². The summed E-state index contributed by atoms with van der Waals surface area (Å²) in [6.07, 6.45) is 1.55. The van der Waals surface area contributed by atoms with Gasteiger partial charge in [0.25, 0.3) is 5.91 Å². The summed E-state index contributed by atoms with van der Waals surface area (Å²) in [7, 11) is 1.58. The van der Waals surface area contributed by atoms with Crippen LogP contribution in [0.3, 0.4) is 0 Å². The fourth-order valence-corrected chi connectivity index (χ4v) is 3.03. The van der Waals surface area contributed by atoms with Crippen molar-refractivity contribution in [1.29, 1.82) is 0 Å². The lowest BCUT2D eigenvalue weighted by Gasteiger charge is -2.26.